The Hall–Kier alpha value is -1.99. The first-order valence-corrected chi connectivity index (χ1v) is 9.26. The van der Waals surface area contributed by atoms with Gasteiger partial charge >= 0.3 is 0 Å². The van der Waals surface area contributed by atoms with Crippen LogP contribution in [0.25, 0.3) is 10.2 Å². The predicted molar refractivity (Wildman–Crippen MR) is 97.7 cm³/mol. The van der Waals surface area contributed by atoms with Crippen molar-refractivity contribution in [3.8, 4) is 5.88 Å². The van der Waals surface area contributed by atoms with E-state index in [1.165, 1.54) is 16.8 Å². The summed E-state index contributed by atoms with van der Waals surface area (Å²) in [5.41, 5.74) is 2.01. The van der Waals surface area contributed by atoms with E-state index in [0.717, 1.165) is 39.6 Å². The summed E-state index contributed by atoms with van der Waals surface area (Å²) < 4.78 is 6.54. The molecule has 0 unspecified atom stereocenters. The second kappa shape index (κ2) is 6.49. The topological polar surface area (TPSA) is 64.1 Å². The highest BCUT2D eigenvalue weighted by atomic mass is 79.9. The largest absolute Gasteiger partial charge is 0.467 e. The number of aryl methyl sites for hydroxylation is 2. The van der Waals surface area contributed by atoms with E-state index in [2.05, 4.69) is 31.2 Å². The number of ether oxygens (including phenoxy) is 1. The molecule has 1 amide bonds. The van der Waals surface area contributed by atoms with E-state index in [1.807, 2.05) is 24.3 Å². The number of benzene rings is 1. The lowest BCUT2D eigenvalue weighted by molar-refractivity contribution is -0.118. The summed E-state index contributed by atoms with van der Waals surface area (Å²) in [6.07, 6.45) is 4.78. The number of rotatable bonds is 4. The van der Waals surface area contributed by atoms with Crippen LogP contribution < -0.4 is 10.1 Å². The molecule has 7 heteroatoms. The molecule has 5 nitrogen and oxygen atoms in total. The molecule has 1 N–H and O–H groups in total. The third-order valence-corrected chi connectivity index (χ3v) is 5.85. The number of hydrogen-bond acceptors (Lipinski definition) is 5. The molecule has 0 bridgehead atoms. The second-order valence-electron chi connectivity index (χ2n) is 5.53. The Morgan fingerprint density at radius 1 is 1.29 bits per heavy atom. The van der Waals surface area contributed by atoms with Gasteiger partial charge in [-0.15, -0.1) is 11.3 Å². The minimum Gasteiger partial charge on any atom is -0.467 e. The van der Waals surface area contributed by atoms with Gasteiger partial charge in [0.2, 0.25) is 5.88 Å². The summed E-state index contributed by atoms with van der Waals surface area (Å²) in [6, 6.07) is 7.46. The summed E-state index contributed by atoms with van der Waals surface area (Å²) in [6.45, 7) is -0.0853. The fraction of sp³-hybridized carbons (Fsp3) is 0.235. The highest BCUT2D eigenvalue weighted by molar-refractivity contribution is 9.10. The lowest BCUT2D eigenvalue weighted by Gasteiger charge is -2.09. The quantitative estimate of drug-likeness (QED) is 0.715. The zero-order chi connectivity index (χ0) is 16.5. The van der Waals surface area contributed by atoms with Crippen LogP contribution in [0.2, 0.25) is 0 Å². The van der Waals surface area contributed by atoms with Crippen LogP contribution in [0.1, 0.15) is 16.9 Å². The van der Waals surface area contributed by atoms with Gasteiger partial charge in [-0.1, -0.05) is 12.1 Å². The number of anilines is 1. The van der Waals surface area contributed by atoms with E-state index in [4.69, 9.17) is 4.74 Å². The number of amides is 1. The van der Waals surface area contributed by atoms with Gasteiger partial charge in [0.05, 0.1) is 11.1 Å². The lowest BCUT2D eigenvalue weighted by atomic mass is 10.2. The highest BCUT2D eigenvalue weighted by Crippen LogP contribution is 2.39. The molecule has 4 rings (SSSR count). The normalized spacial score (nSPS) is 13.0. The van der Waals surface area contributed by atoms with Crippen molar-refractivity contribution in [1.29, 1.82) is 0 Å². The van der Waals surface area contributed by atoms with Crippen LogP contribution in [-0.2, 0) is 17.6 Å². The van der Waals surface area contributed by atoms with Crippen molar-refractivity contribution < 1.29 is 9.53 Å². The Balaban J connectivity index is 1.51. The first-order chi connectivity index (χ1) is 11.7. The molecular formula is C17H14BrN3O2S. The number of fused-ring (bicyclic) bond motifs is 3. The maximum atomic E-state index is 12.1. The molecule has 1 aliphatic rings. The number of hydrogen-bond donors (Lipinski definition) is 1. The standard InChI is InChI=1S/C17H14BrN3O2S/c18-11-5-1-2-6-12(11)21-14(22)8-23-16-15-10-4-3-7-13(10)24-17(15)20-9-19-16/h1-2,5-6,9H,3-4,7-8H2,(H,21,22). The van der Waals surface area contributed by atoms with Gasteiger partial charge in [0.15, 0.2) is 6.61 Å². The van der Waals surface area contributed by atoms with E-state index in [0.29, 0.717) is 5.88 Å². The molecule has 122 valence electrons. The number of para-hydroxylation sites is 1. The van der Waals surface area contributed by atoms with Crippen molar-refractivity contribution in [3.05, 3.63) is 45.5 Å². The molecule has 0 saturated heterocycles. The zero-order valence-corrected chi connectivity index (χ0v) is 15.1. The SMILES string of the molecule is O=C(COc1ncnc2sc3c(c12)CCC3)Nc1ccccc1Br. The fourth-order valence-corrected chi connectivity index (χ4v) is 4.50. The third kappa shape index (κ3) is 2.89. The summed E-state index contributed by atoms with van der Waals surface area (Å²) in [7, 11) is 0. The minimum absolute atomic E-state index is 0.0853. The Kier molecular flexibility index (Phi) is 4.20. The molecule has 0 radical (unpaired) electrons. The van der Waals surface area contributed by atoms with Crippen molar-refractivity contribution in [3.63, 3.8) is 0 Å². The molecule has 24 heavy (non-hydrogen) atoms. The van der Waals surface area contributed by atoms with E-state index in [9.17, 15) is 4.79 Å². The van der Waals surface area contributed by atoms with Crippen molar-refractivity contribution in [1.82, 2.24) is 9.97 Å². The number of nitrogens with one attached hydrogen (secondary N) is 1. The highest BCUT2D eigenvalue weighted by Gasteiger charge is 2.22. The van der Waals surface area contributed by atoms with Crippen LogP contribution in [-0.4, -0.2) is 22.5 Å². The van der Waals surface area contributed by atoms with E-state index >= 15 is 0 Å². The Labute approximate surface area is 151 Å². The molecule has 0 spiro atoms. The van der Waals surface area contributed by atoms with Gasteiger partial charge in [-0.2, -0.15) is 0 Å². The van der Waals surface area contributed by atoms with Crippen LogP contribution in [0.15, 0.2) is 35.1 Å². The number of carbonyl (C=O) groups excluding carboxylic acids is 1. The van der Waals surface area contributed by atoms with Gasteiger partial charge in [0.1, 0.15) is 11.2 Å². The predicted octanol–water partition coefficient (Wildman–Crippen LogP) is 3.96. The van der Waals surface area contributed by atoms with Crippen LogP contribution in [0.5, 0.6) is 5.88 Å². The second-order valence-corrected chi connectivity index (χ2v) is 7.47. The summed E-state index contributed by atoms with van der Waals surface area (Å²) >= 11 is 5.11. The molecule has 2 heterocycles. The summed E-state index contributed by atoms with van der Waals surface area (Å²) in [5.74, 6) is 0.280. The number of halogens is 1. The van der Waals surface area contributed by atoms with Gasteiger partial charge in [0, 0.05) is 9.35 Å². The van der Waals surface area contributed by atoms with Crippen LogP contribution in [0, 0.1) is 0 Å². The molecule has 3 aromatic rings. The fourth-order valence-electron chi connectivity index (χ4n) is 2.89. The Morgan fingerprint density at radius 3 is 3.04 bits per heavy atom. The zero-order valence-electron chi connectivity index (χ0n) is 12.7. The number of nitrogens with zero attached hydrogens (tertiary/aromatic N) is 2. The van der Waals surface area contributed by atoms with Crippen molar-refractivity contribution in [2.45, 2.75) is 19.3 Å². The number of carbonyl (C=O) groups is 1. The molecular weight excluding hydrogens is 390 g/mol. The summed E-state index contributed by atoms with van der Waals surface area (Å²) in [4.78, 5) is 23.0. The van der Waals surface area contributed by atoms with E-state index < -0.39 is 0 Å². The average Bonchev–Trinajstić information content (AvgIpc) is 3.16. The average molecular weight is 404 g/mol. The van der Waals surface area contributed by atoms with Crippen molar-refractivity contribution in [2.75, 3.05) is 11.9 Å². The molecule has 0 aliphatic heterocycles. The van der Waals surface area contributed by atoms with Crippen LogP contribution in [0.3, 0.4) is 0 Å². The van der Waals surface area contributed by atoms with E-state index in [1.54, 1.807) is 11.3 Å². The third-order valence-electron chi connectivity index (χ3n) is 3.95. The number of thiophene rings is 1. The summed E-state index contributed by atoms with van der Waals surface area (Å²) in [5, 5.41) is 3.80. The monoisotopic (exact) mass is 403 g/mol. The van der Waals surface area contributed by atoms with Crippen LogP contribution in [0.4, 0.5) is 5.69 Å². The smallest absolute Gasteiger partial charge is 0.262 e. The van der Waals surface area contributed by atoms with Gasteiger partial charge in [0.25, 0.3) is 5.91 Å². The van der Waals surface area contributed by atoms with E-state index in [-0.39, 0.29) is 12.5 Å². The van der Waals surface area contributed by atoms with Gasteiger partial charge in [-0.25, -0.2) is 9.97 Å². The molecule has 0 atom stereocenters. The van der Waals surface area contributed by atoms with Gasteiger partial charge in [-0.3, -0.25) is 4.79 Å². The van der Waals surface area contributed by atoms with Crippen molar-refractivity contribution >= 4 is 49.1 Å². The molecule has 0 fully saturated rings. The van der Waals surface area contributed by atoms with Gasteiger partial charge < -0.3 is 10.1 Å². The maximum absolute atomic E-state index is 12.1. The molecule has 0 saturated carbocycles. The Bertz CT molecular complexity index is 925. The first-order valence-electron chi connectivity index (χ1n) is 7.65. The molecule has 1 aromatic carbocycles. The lowest BCUT2D eigenvalue weighted by Crippen LogP contribution is -2.20. The Morgan fingerprint density at radius 2 is 2.17 bits per heavy atom. The first kappa shape index (κ1) is 15.5. The minimum atomic E-state index is -0.222. The molecule has 1 aliphatic carbocycles. The van der Waals surface area contributed by atoms with Crippen LogP contribution >= 0.6 is 27.3 Å². The maximum Gasteiger partial charge on any atom is 0.262 e. The molecule has 2 aromatic heterocycles. The van der Waals surface area contributed by atoms with Crippen molar-refractivity contribution in [2.24, 2.45) is 0 Å². The number of aromatic nitrogens is 2. The van der Waals surface area contributed by atoms with Gasteiger partial charge in [-0.05, 0) is 52.9 Å².